The summed E-state index contributed by atoms with van der Waals surface area (Å²) in [6, 6.07) is 14.0. The minimum absolute atomic E-state index is 0.0387. The Hall–Kier alpha value is -7.03. The van der Waals surface area contributed by atoms with Crippen LogP contribution in [0.5, 0.6) is 5.75 Å². The van der Waals surface area contributed by atoms with Gasteiger partial charge in [-0.2, -0.15) is 13.2 Å². The first-order chi connectivity index (χ1) is 29.5. The second-order valence-electron chi connectivity index (χ2n) is 15.0. The molecular weight excluding hydrogens is 819 g/mol. The predicted octanol–water partition coefficient (Wildman–Crippen LogP) is 0.774. The maximum absolute atomic E-state index is 13.6. The fraction of sp³-hybridized carbons (Fsp3) is 0.366. The standard InChI is InChI=1S/C41H44F3N9O9/c42-41(43,44)40(13-14-40)25-7-4-8-26(16-25)50-39(62)48-18-24-9-10-27-28(35(24)58)21-52(37(27)60)30-11-12-34(57)53(38(30)61)22-49-32(55)19-47-36(59)29(15-23-5-2-1-3-6-23)51-33(56)20-46-31(54)17-45/h1-10,16,29-30,58H,11-15,17-22,45H2,(H,46,54)(H,47,59)(H,49,55)(H,51,56)(H2,48,50,62)/t29-,30?/m0/s1. The molecule has 62 heavy (non-hydrogen) atoms. The number of anilines is 1. The molecule has 0 spiro atoms. The molecule has 2 atom stereocenters. The molecule has 2 aliphatic heterocycles. The zero-order valence-corrected chi connectivity index (χ0v) is 33.1. The van der Waals surface area contributed by atoms with E-state index in [4.69, 9.17) is 5.73 Å². The molecule has 3 aromatic carbocycles. The molecule has 18 nitrogen and oxygen atoms in total. The molecule has 3 aromatic rings. The molecule has 6 rings (SSSR count). The number of amides is 9. The maximum Gasteiger partial charge on any atom is 0.398 e. The monoisotopic (exact) mass is 863 g/mol. The first kappa shape index (κ1) is 44.5. The van der Waals surface area contributed by atoms with E-state index in [0.29, 0.717) is 5.56 Å². The van der Waals surface area contributed by atoms with E-state index in [1.807, 2.05) is 0 Å². The number of carbonyl (C=O) groups is 8. The molecule has 328 valence electrons. The summed E-state index contributed by atoms with van der Waals surface area (Å²) in [5, 5.41) is 25.8. The average molecular weight is 864 g/mol. The Labute approximate surface area is 352 Å². The molecule has 21 heteroatoms. The van der Waals surface area contributed by atoms with Gasteiger partial charge in [0.25, 0.3) is 11.8 Å². The third kappa shape index (κ3) is 10.1. The number of carbonyl (C=O) groups excluding carboxylic acids is 8. The van der Waals surface area contributed by atoms with Gasteiger partial charge in [-0.3, -0.25) is 38.5 Å². The number of imide groups is 1. The molecule has 9 amide bonds. The number of fused-ring (bicyclic) bond motifs is 1. The van der Waals surface area contributed by atoms with Crippen LogP contribution in [0.3, 0.4) is 0 Å². The quantitative estimate of drug-likeness (QED) is 0.0939. The van der Waals surface area contributed by atoms with E-state index < -0.39 is 90.8 Å². The van der Waals surface area contributed by atoms with Gasteiger partial charge in [-0.05, 0) is 48.6 Å². The number of hydrogen-bond acceptors (Lipinski definition) is 10. The van der Waals surface area contributed by atoms with Crippen LogP contribution in [0.25, 0.3) is 0 Å². The predicted molar refractivity (Wildman–Crippen MR) is 212 cm³/mol. The molecule has 1 aliphatic carbocycles. The molecule has 2 heterocycles. The summed E-state index contributed by atoms with van der Waals surface area (Å²) in [5.41, 5.74) is 4.67. The van der Waals surface area contributed by atoms with Crippen molar-refractivity contribution in [2.75, 3.05) is 31.6 Å². The van der Waals surface area contributed by atoms with E-state index in [1.54, 1.807) is 30.3 Å². The number of aromatic hydroxyl groups is 1. The molecule has 0 aromatic heterocycles. The molecule has 1 saturated heterocycles. The van der Waals surface area contributed by atoms with Gasteiger partial charge >= 0.3 is 12.2 Å². The highest BCUT2D eigenvalue weighted by molar-refractivity contribution is 6.06. The number of halogens is 3. The number of hydrogen-bond donors (Lipinski definition) is 8. The van der Waals surface area contributed by atoms with Crippen LogP contribution in [0.15, 0.2) is 66.7 Å². The number of urea groups is 1. The first-order valence-corrected chi connectivity index (χ1v) is 19.6. The van der Waals surface area contributed by atoms with Crippen molar-refractivity contribution < 1.29 is 56.6 Å². The van der Waals surface area contributed by atoms with Crippen LogP contribution in [0.4, 0.5) is 23.7 Å². The lowest BCUT2D eigenvalue weighted by Gasteiger charge is -2.35. The Balaban J connectivity index is 1.01. The van der Waals surface area contributed by atoms with Gasteiger partial charge in [-0.1, -0.05) is 48.5 Å². The van der Waals surface area contributed by atoms with E-state index in [2.05, 4.69) is 31.9 Å². The van der Waals surface area contributed by atoms with Crippen LogP contribution in [0.2, 0.25) is 0 Å². The topological polar surface area (TPSA) is 261 Å². The Kier molecular flexibility index (Phi) is 13.4. The van der Waals surface area contributed by atoms with Crippen LogP contribution >= 0.6 is 0 Å². The number of phenolic OH excluding ortho intramolecular Hbond substituents is 1. The number of nitrogens with zero attached hydrogens (tertiary/aromatic N) is 2. The van der Waals surface area contributed by atoms with Gasteiger partial charge in [-0.15, -0.1) is 0 Å². The fourth-order valence-corrected chi connectivity index (χ4v) is 7.30. The van der Waals surface area contributed by atoms with Gasteiger partial charge in [0.05, 0.1) is 31.6 Å². The number of nitrogens with two attached hydrogens (primary N) is 1. The lowest BCUT2D eigenvalue weighted by molar-refractivity contribution is -0.160. The van der Waals surface area contributed by atoms with Crippen molar-refractivity contribution in [1.29, 1.82) is 0 Å². The van der Waals surface area contributed by atoms with E-state index in [9.17, 15) is 56.6 Å². The number of nitrogens with one attached hydrogen (secondary N) is 6. The van der Waals surface area contributed by atoms with Gasteiger partial charge in [0.1, 0.15) is 24.5 Å². The van der Waals surface area contributed by atoms with Crippen molar-refractivity contribution in [3.8, 4) is 5.75 Å². The highest BCUT2D eigenvalue weighted by Gasteiger charge is 2.64. The second-order valence-corrected chi connectivity index (χ2v) is 15.0. The first-order valence-electron chi connectivity index (χ1n) is 19.6. The van der Waals surface area contributed by atoms with Crippen LogP contribution in [0.1, 0.15) is 58.3 Å². The van der Waals surface area contributed by atoms with Crippen LogP contribution < -0.4 is 37.6 Å². The number of phenols is 1. The van der Waals surface area contributed by atoms with E-state index in [-0.39, 0.29) is 85.4 Å². The summed E-state index contributed by atoms with van der Waals surface area (Å²) in [6.45, 7) is -2.41. The Morgan fingerprint density at radius 1 is 0.871 bits per heavy atom. The molecule has 1 unspecified atom stereocenters. The Bertz CT molecular complexity index is 2270. The Morgan fingerprint density at radius 2 is 1.60 bits per heavy atom. The van der Waals surface area contributed by atoms with E-state index in [1.165, 1.54) is 41.3 Å². The van der Waals surface area contributed by atoms with Gasteiger partial charge < -0.3 is 47.6 Å². The average Bonchev–Trinajstić information content (AvgIpc) is 4.01. The number of alkyl halides is 3. The fourth-order valence-electron chi connectivity index (χ4n) is 7.30. The molecule has 0 bridgehead atoms. The van der Waals surface area contributed by atoms with Crippen molar-refractivity contribution in [1.82, 2.24) is 36.4 Å². The van der Waals surface area contributed by atoms with Crippen molar-refractivity contribution in [3.63, 3.8) is 0 Å². The van der Waals surface area contributed by atoms with Gasteiger partial charge in [-0.25, -0.2) is 4.79 Å². The number of benzene rings is 3. The third-order valence-corrected chi connectivity index (χ3v) is 10.9. The number of rotatable bonds is 16. The third-order valence-electron chi connectivity index (χ3n) is 10.9. The van der Waals surface area contributed by atoms with Gasteiger partial charge in [0.2, 0.25) is 29.5 Å². The lowest BCUT2D eigenvalue weighted by atomic mass is 9.95. The van der Waals surface area contributed by atoms with Crippen LogP contribution in [-0.4, -0.2) is 107 Å². The van der Waals surface area contributed by atoms with Crippen molar-refractivity contribution in [3.05, 3.63) is 94.5 Å². The van der Waals surface area contributed by atoms with Gasteiger partial charge in [0.15, 0.2) is 0 Å². The summed E-state index contributed by atoms with van der Waals surface area (Å²) >= 11 is 0. The van der Waals surface area contributed by atoms with Gasteiger partial charge in [0, 0.05) is 41.8 Å². The number of likely N-dealkylation sites (tertiary alicyclic amines) is 1. The van der Waals surface area contributed by atoms with Crippen LogP contribution in [0, 0.1) is 0 Å². The molecule has 3 aliphatic rings. The van der Waals surface area contributed by atoms with Crippen molar-refractivity contribution in [2.24, 2.45) is 5.73 Å². The zero-order chi connectivity index (χ0) is 44.8. The minimum atomic E-state index is -4.43. The summed E-state index contributed by atoms with van der Waals surface area (Å²) in [5.74, 6) is -5.11. The molecular formula is C41H44F3N9O9. The summed E-state index contributed by atoms with van der Waals surface area (Å²) in [4.78, 5) is 105. The smallest absolute Gasteiger partial charge is 0.398 e. The van der Waals surface area contributed by atoms with Crippen molar-refractivity contribution >= 4 is 53.1 Å². The largest absolute Gasteiger partial charge is 0.507 e. The lowest BCUT2D eigenvalue weighted by Crippen LogP contribution is -2.57. The molecule has 2 fully saturated rings. The SMILES string of the molecule is NCC(=O)NCC(=O)N[C@@H](Cc1ccccc1)C(=O)NCC(=O)NCN1C(=O)CCC(N2Cc3c(ccc(CNC(=O)Nc4cccc(C5(C(F)(F)F)CC5)c4)c3O)C2=O)C1=O. The molecule has 0 radical (unpaired) electrons. The summed E-state index contributed by atoms with van der Waals surface area (Å²) in [7, 11) is 0. The van der Waals surface area contributed by atoms with E-state index in [0.717, 1.165) is 4.90 Å². The Morgan fingerprint density at radius 3 is 2.29 bits per heavy atom. The number of piperidine rings is 1. The van der Waals surface area contributed by atoms with Crippen LogP contribution in [-0.2, 0) is 53.7 Å². The maximum atomic E-state index is 13.6. The van der Waals surface area contributed by atoms with Crippen molar-refractivity contribution in [2.45, 2.75) is 68.9 Å². The molecule has 9 N–H and O–H groups in total. The second kappa shape index (κ2) is 18.7. The normalized spacial score (nSPS) is 17.1. The van der Waals surface area contributed by atoms with E-state index >= 15 is 0 Å². The zero-order valence-electron chi connectivity index (χ0n) is 33.1. The summed E-state index contributed by atoms with van der Waals surface area (Å²) in [6.07, 6.45) is -4.66. The minimum Gasteiger partial charge on any atom is -0.507 e. The highest BCUT2D eigenvalue weighted by Crippen LogP contribution is 2.59. The highest BCUT2D eigenvalue weighted by atomic mass is 19.4. The molecule has 1 saturated carbocycles. The summed E-state index contributed by atoms with van der Waals surface area (Å²) < 4.78 is 40.9.